The lowest BCUT2D eigenvalue weighted by atomic mass is 9.58. The Morgan fingerprint density at radius 2 is 2.07 bits per heavy atom. The third kappa shape index (κ3) is 1.64. The zero-order valence-corrected chi connectivity index (χ0v) is 10.8. The first kappa shape index (κ1) is 11.2. The highest BCUT2D eigenvalue weighted by atomic mass is 79.9. The highest BCUT2D eigenvalue weighted by molar-refractivity contribution is 9.10. The minimum absolute atomic E-state index is 0.219. The van der Waals surface area contributed by atoms with E-state index >= 15 is 0 Å². The average Bonchev–Trinajstić information content (AvgIpc) is 2.19. The van der Waals surface area contributed by atoms with E-state index in [1.807, 2.05) is 24.3 Å². The van der Waals surface area contributed by atoms with E-state index in [0.717, 1.165) is 22.9 Å². The van der Waals surface area contributed by atoms with Gasteiger partial charge in [0.15, 0.2) is 0 Å². The van der Waals surface area contributed by atoms with E-state index < -0.39 is 5.41 Å². The maximum Gasteiger partial charge on any atom is 0.232 e. The van der Waals surface area contributed by atoms with Crippen molar-refractivity contribution in [2.45, 2.75) is 25.2 Å². The summed E-state index contributed by atoms with van der Waals surface area (Å²) >= 11 is 9.14. The summed E-state index contributed by atoms with van der Waals surface area (Å²) < 4.78 is 1.02. The van der Waals surface area contributed by atoms with Gasteiger partial charge in [-0.1, -0.05) is 35.0 Å². The summed E-state index contributed by atoms with van der Waals surface area (Å²) in [6.07, 6.45) is 1.95. The van der Waals surface area contributed by atoms with Crippen molar-refractivity contribution in [3.8, 4) is 0 Å². The predicted octanol–water partition coefficient (Wildman–Crippen LogP) is 3.88. The Balaban J connectivity index is 2.42. The second-order valence-corrected chi connectivity index (χ2v) is 5.45. The van der Waals surface area contributed by atoms with E-state index in [4.69, 9.17) is 11.6 Å². The zero-order valence-electron chi connectivity index (χ0n) is 8.47. The topological polar surface area (TPSA) is 17.1 Å². The number of carbonyl (C=O) groups is 1. The summed E-state index contributed by atoms with van der Waals surface area (Å²) in [5.74, 6) is 0.351. The monoisotopic (exact) mass is 286 g/mol. The van der Waals surface area contributed by atoms with Gasteiger partial charge in [0.25, 0.3) is 0 Å². The molecule has 0 spiro atoms. The first-order valence-electron chi connectivity index (χ1n) is 5.03. The summed E-state index contributed by atoms with van der Waals surface area (Å²) in [5, 5.41) is -0.219. The van der Waals surface area contributed by atoms with E-state index in [2.05, 4.69) is 22.9 Å². The standard InChI is InChI=1S/C12H12BrClO/c1-8-6-7-12(8,11(14)15)9-2-4-10(13)5-3-9/h2-5,8H,6-7H2,1H3. The Bertz CT molecular complexity index is 387. The van der Waals surface area contributed by atoms with E-state index in [1.165, 1.54) is 0 Å². The van der Waals surface area contributed by atoms with Crippen LogP contribution < -0.4 is 0 Å². The molecular weight excluding hydrogens is 275 g/mol. The molecule has 3 heteroatoms. The molecule has 0 aromatic heterocycles. The van der Waals surface area contributed by atoms with Gasteiger partial charge in [-0.25, -0.2) is 0 Å². The maximum atomic E-state index is 11.6. The molecule has 0 amide bonds. The summed E-state index contributed by atoms with van der Waals surface area (Å²) in [5.41, 5.74) is 0.617. The van der Waals surface area contributed by atoms with Gasteiger partial charge in [-0.3, -0.25) is 4.79 Å². The Labute approximate surface area is 103 Å². The van der Waals surface area contributed by atoms with Gasteiger partial charge in [-0.15, -0.1) is 0 Å². The third-order valence-electron chi connectivity index (χ3n) is 3.52. The number of rotatable bonds is 2. The van der Waals surface area contributed by atoms with E-state index in [0.29, 0.717) is 5.92 Å². The largest absolute Gasteiger partial charge is 0.280 e. The van der Waals surface area contributed by atoms with Gasteiger partial charge in [0.1, 0.15) is 0 Å². The minimum atomic E-state index is -0.428. The Morgan fingerprint density at radius 3 is 2.40 bits per heavy atom. The zero-order chi connectivity index (χ0) is 11.1. The van der Waals surface area contributed by atoms with Crippen LogP contribution in [0.5, 0.6) is 0 Å². The number of hydrogen-bond donors (Lipinski definition) is 0. The molecule has 1 fully saturated rings. The van der Waals surface area contributed by atoms with E-state index in [9.17, 15) is 4.79 Å². The van der Waals surface area contributed by atoms with Gasteiger partial charge >= 0.3 is 0 Å². The molecule has 0 heterocycles. The quantitative estimate of drug-likeness (QED) is 0.754. The highest BCUT2D eigenvalue weighted by Crippen LogP contribution is 2.50. The van der Waals surface area contributed by atoms with Gasteiger partial charge in [0.05, 0.1) is 5.41 Å². The number of hydrogen-bond acceptors (Lipinski definition) is 1. The van der Waals surface area contributed by atoms with E-state index in [1.54, 1.807) is 0 Å². The van der Waals surface area contributed by atoms with Crippen molar-refractivity contribution in [1.82, 2.24) is 0 Å². The fourth-order valence-electron chi connectivity index (χ4n) is 2.30. The summed E-state index contributed by atoms with van der Waals surface area (Å²) in [6, 6.07) is 7.89. The van der Waals surface area contributed by atoms with Gasteiger partial charge < -0.3 is 0 Å². The molecule has 1 nitrogen and oxygen atoms in total. The molecule has 1 aromatic carbocycles. The normalized spacial score (nSPS) is 29.7. The number of carbonyl (C=O) groups excluding carboxylic acids is 1. The Morgan fingerprint density at radius 1 is 1.47 bits per heavy atom. The van der Waals surface area contributed by atoms with Crippen molar-refractivity contribution in [3.63, 3.8) is 0 Å². The molecule has 2 rings (SSSR count). The molecule has 0 aliphatic heterocycles. The molecule has 1 aliphatic carbocycles. The van der Waals surface area contributed by atoms with Crippen molar-refractivity contribution in [2.75, 3.05) is 0 Å². The molecule has 15 heavy (non-hydrogen) atoms. The van der Waals surface area contributed by atoms with Crippen LogP contribution in [0.1, 0.15) is 25.3 Å². The summed E-state index contributed by atoms with van der Waals surface area (Å²) in [4.78, 5) is 11.6. The lowest BCUT2D eigenvalue weighted by molar-refractivity contribution is -0.122. The van der Waals surface area contributed by atoms with Crippen LogP contribution in [-0.4, -0.2) is 5.24 Å². The Hall–Kier alpha value is -0.340. The smallest absolute Gasteiger partial charge is 0.232 e. The van der Waals surface area contributed by atoms with Gasteiger partial charge in [-0.05, 0) is 48.1 Å². The van der Waals surface area contributed by atoms with Crippen molar-refractivity contribution in [2.24, 2.45) is 5.92 Å². The third-order valence-corrected chi connectivity index (χ3v) is 4.39. The molecule has 80 valence electrons. The molecule has 2 unspecified atom stereocenters. The van der Waals surface area contributed by atoms with Crippen LogP contribution in [0, 0.1) is 5.92 Å². The van der Waals surface area contributed by atoms with Gasteiger partial charge in [0, 0.05) is 4.47 Å². The van der Waals surface area contributed by atoms with Crippen LogP contribution in [0.4, 0.5) is 0 Å². The molecule has 0 radical (unpaired) electrons. The molecule has 0 saturated heterocycles. The molecule has 1 saturated carbocycles. The van der Waals surface area contributed by atoms with Crippen LogP contribution in [-0.2, 0) is 10.2 Å². The van der Waals surface area contributed by atoms with Gasteiger partial charge in [0.2, 0.25) is 5.24 Å². The van der Waals surface area contributed by atoms with Crippen molar-refractivity contribution in [1.29, 1.82) is 0 Å². The predicted molar refractivity (Wildman–Crippen MR) is 65.1 cm³/mol. The maximum absolute atomic E-state index is 11.6. The Kier molecular flexibility index (Phi) is 2.91. The second kappa shape index (κ2) is 3.91. The van der Waals surface area contributed by atoms with Crippen LogP contribution in [0.25, 0.3) is 0 Å². The summed E-state index contributed by atoms with van der Waals surface area (Å²) in [7, 11) is 0. The van der Waals surface area contributed by atoms with Crippen LogP contribution in [0.2, 0.25) is 0 Å². The first-order chi connectivity index (χ1) is 7.07. The van der Waals surface area contributed by atoms with Gasteiger partial charge in [-0.2, -0.15) is 0 Å². The van der Waals surface area contributed by atoms with E-state index in [-0.39, 0.29) is 5.24 Å². The van der Waals surface area contributed by atoms with Crippen molar-refractivity contribution < 1.29 is 4.79 Å². The average molecular weight is 288 g/mol. The molecule has 1 aromatic rings. The van der Waals surface area contributed by atoms with Crippen LogP contribution in [0.15, 0.2) is 28.7 Å². The van der Waals surface area contributed by atoms with Crippen LogP contribution in [0.3, 0.4) is 0 Å². The summed E-state index contributed by atoms with van der Waals surface area (Å²) in [6.45, 7) is 2.09. The van der Waals surface area contributed by atoms with Crippen molar-refractivity contribution >= 4 is 32.8 Å². The number of halogens is 2. The molecule has 0 bridgehead atoms. The SMILES string of the molecule is CC1CCC1(C(=O)Cl)c1ccc(Br)cc1. The van der Waals surface area contributed by atoms with Crippen LogP contribution >= 0.6 is 27.5 Å². The first-order valence-corrected chi connectivity index (χ1v) is 6.20. The fourth-order valence-corrected chi connectivity index (χ4v) is 2.96. The fraction of sp³-hybridized carbons (Fsp3) is 0.417. The second-order valence-electron chi connectivity index (χ2n) is 4.19. The lowest BCUT2D eigenvalue weighted by Gasteiger charge is -2.45. The lowest BCUT2D eigenvalue weighted by Crippen LogP contribution is -2.47. The molecule has 0 N–H and O–H groups in total. The minimum Gasteiger partial charge on any atom is -0.280 e. The number of benzene rings is 1. The molecule has 2 atom stereocenters. The highest BCUT2D eigenvalue weighted by Gasteiger charge is 2.50. The van der Waals surface area contributed by atoms with Crippen molar-refractivity contribution in [3.05, 3.63) is 34.3 Å². The molecule has 1 aliphatic rings. The molecular formula is C12H12BrClO.